The third-order valence-electron chi connectivity index (χ3n) is 4.25. The van der Waals surface area contributed by atoms with Gasteiger partial charge < -0.3 is 4.74 Å². The Morgan fingerprint density at radius 2 is 2.06 bits per heavy atom. The molecule has 0 N–H and O–H groups in total. The topological polar surface area (TPSA) is 9.23 Å². The molecule has 0 heterocycles. The number of ether oxygens (including phenoxy) is 1. The van der Waals surface area contributed by atoms with Crippen molar-refractivity contribution in [3.8, 4) is 5.75 Å². The molecule has 1 saturated carbocycles. The highest BCUT2D eigenvalue weighted by molar-refractivity contribution is 9.09. The zero-order valence-electron chi connectivity index (χ0n) is 11.4. The smallest absolute Gasteiger partial charge is 0.122 e. The highest BCUT2D eigenvalue weighted by Crippen LogP contribution is 2.38. The highest BCUT2D eigenvalue weighted by Gasteiger charge is 2.28. The van der Waals surface area contributed by atoms with E-state index in [9.17, 15) is 0 Å². The molecule has 1 aromatic carbocycles. The van der Waals surface area contributed by atoms with Gasteiger partial charge in [0.15, 0.2) is 0 Å². The van der Waals surface area contributed by atoms with Gasteiger partial charge in [0.1, 0.15) is 5.75 Å². The zero-order valence-corrected chi connectivity index (χ0v) is 12.9. The first-order valence-corrected chi connectivity index (χ1v) is 7.92. The summed E-state index contributed by atoms with van der Waals surface area (Å²) in [6.07, 6.45) is 6.51. The predicted molar refractivity (Wildman–Crippen MR) is 80.5 cm³/mol. The lowest BCUT2D eigenvalue weighted by atomic mass is 9.77. The molecule has 1 fully saturated rings. The second-order valence-electron chi connectivity index (χ2n) is 5.38. The number of methoxy groups -OCH3 is 1. The summed E-state index contributed by atoms with van der Waals surface area (Å²) in [4.78, 5) is 0.671. The van der Waals surface area contributed by atoms with Crippen molar-refractivity contribution < 1.29 is 4.74 Å². The van der Waals surface area contributed by atoms with Crippen LogP contribution in [0.1, 0.15) is 38.2 Å². The first-order valence-electron chi connectivity index (χ1n) is 7.00. The van der Waals surface area contributed by atoms with Gasteiger partial charge in [-0.05, 0) is 49.1 Å². The number of benzene rings is 1. The van der Waals surface area contributed by atoms with Crippen molar-refractivity contribution in [2.24, 2.45) is 11.8 Å². The third-order valence-corrected chi connectivity index (χ3v) is 5.46. The Hall–Kier alpha value is -0.500. The normalized spacial score (nSPS) is 28.1. The van der Waals surface area contributed by atoms with Crippen molar-refractivity contribution in [2.75, 3.05) is 7.11 Å². The van der Waals surface area contributed by atoms with Crippen molar-refractivity contribution in [3.63, 3.8) is 0 Å². The number of hydrogen-bond acceptors (Lipinski definition) is 1. The van der Waals surface area contributed by atoms with Crippen LogP contribution in [-0.4, -0.2) is 11.9 Å². The lowest BCUT2D eigenvalue weighted by Crippen LogP contribution is -2.26. The van der Waals surface area contributed by atoms with Crippen LogP contribution in [0.15, 0.2) is 24.3 Å². The summed E-state index contributed by atoms with van der Waals surface area (Å²) >= 11 is 3.87. The summed E-state index contributed by atoms with van der Waals surface area (Å²) < 4.78 is 5.46. The molecule has 0 saturated heterocycles. The molecular formula is C16H23BrO. The molecule has 0 radical (unpaired) electrons. The van der Waals surface area contributed by atoms with Crippen LogP contribution in [-0.2, 0) is 6.42 Å². The molecule has 18 heavy (non-hydrogen) atoms. The Balaban J connectivity index is 2.07. The van der Waals surface area contributed by atoms with Gasteiger partial charge >= 0.3 is 0 Å². The van der Waals surface area contributed by atoms with E-state index in [1.807, 2.05) is 6.07 Å². The van der Waals surface area contributed by atoms with E-state index in [4.69, 9.17) is 4.74 Å². The number of rotatable bonds is 4. The SMILES string of the molecule is CCC1CCC(Br)C(Cc2ccccc2OC)C1. The first kappa shape index (κ1) is 13.9. The van der Waals surface area contributed by atoms with Gasteiger partial charge in [0.2, 0.25) is 0 Å². The number of para-hydroxylation sites is 1. The molecule has 1 aliphatic carbocycles. The van der Waals surface area contributed by atoms with E-state index in [2.05, 4.69) is 41.1 Å². The molecule has 1 aliphatic rings. The Morgan fingerprint density at radius 1 is 1.28 bits per heavy atom. The van der Waals surface area contributed by atoms with E-state index in [1.165, 1.54) is 31.2 Å². The van der Waals surface area contributed by atoms with Crippen molar-refractivity contribution >= 4 is 15.9 Å². The molecule has 0 amide bonds. The highest BCUT2D eigenvalue weighted by atomic mass is 79.9. The first-order chi connectivity index (χ1) is 8.74. The Morgan fingerprint density at radius 3 is 2.78 bits per heavy atom. The van der Waals surface area contributed by atoms with Gasteiger partial charge in [0, 0.05) is 4.83 Å². The number of halogens is 1. The van der Waals surface area contributed by atoms with Crippen LogP contribution >= 0.6 is 15.9 Å². The molecule has 0 aromatic heterocycles. The predicted octanol–water partition coefficient (Wildman–Crippen LogP) is 4.83. The second-order valence-corrected chi connectivity index (χ2v) is 6.56. The van der Waals surface area contributed by atoms with Gasteiger partial charge in [-0.15, -0.1) is 0 Å². The monoisotopic (exact) mass is 310 g/mol. The lowest BCUT2D eigenvalue weighted by molar-refractivity contribution is 0.269. The quantitative estimate of drug-likeness (QED) is 0.724. The Kier molecular flexibility index (Phi) is 5.11. The van der Waals surface area contributed by atoms with E-state index in [0.717, 1.165) is 24.0 Å². The van der Waals surface area contributed by atoms with Crippen molar-refractivity contribution in [1.82, 2.24) is 0 Å². The molecule has 3 atom stereocenters. The minimum Gasteiger partial charge on any atom is -0.496 e. The van der Waals surface area contributed by atoms with E-state index in [-0.39, 0.29) is 0 Å². The Labute approximate surface area is 119 Å². The molecule has 0 bridgehead atoms. The summed E-state index contributed by atoms with van der Waals surface area (Å²) in [5, 5.41) is 0. The fourth-order valence-corrected chi connectivity index (χ4v) is 3.73. The number of alkyl halides is 1. The average molecular weight is 311 g/mol. The van der Waals surface area contributed by atoms with Crippen LogP contribution in [0.2, 0.25) is 0 Å². The molecule has 0 aliphatic heterocycles. The average Bonchev–Trinajstić information content (AvgIpc) is 2.42. The summed E-state index contributed by atoms with van der Waals surface area (Å²) in [6, 6.07) is 8.43. The molecule has 2 heteroatoms. The largest absolute Gasteiger partial charge is 0.496 e. The molecule has 2 rings (SSSR count). The third kappa shape index (κ3) is 3.28. The minimum atomic E-state index is 0.671. The number of hydrogen-bond donors (Lipinski definition) is 0. The molecule has 1 nitrogen and oxygen atoms in total. The zero-order chi connectivity index (χ0) is 13.0. The maximum absolute atomic E-state index is 5.46. The summed E-state index contributed by atoms with van der Waals surface area (Å²) in [5.41, 5.74) is 1.35. The van der Waals surface area contributed by atoms with Crippen molar-refractivity contribution in [1.29, 1.82) is 0 Å². The lowest BCUT2D eigenvalue weighted by Gasteiger charge is -2.33. The van der Waals surface area contributed by atoms with Crippen molar-refractivity contribution in [3.05, 3.63) is 29.8 Å². The van der Waals surface area contributed by atoms with Crippen LogP contribution in [0.4, 0.5) is 0 Å². The van der Waals surface area contributed by atoms with Gasteiger partial charge in [-0.2, -0.15) is 0 Å². The van der Waals surface area contributed by atoms with E-state index >= 15 is 0 Å². The molecule has 1 aromatic rings. The van der Waals surface area contributed by atoms with Gasteiger partial charge in [-0.1, -0.05) is 47.5 Å². The van der Waals surface area contributed by atoms with Crippen molar-refractivity contribution in [2.45, 2.75) is 43.9 Å². The summed E-state index contributed by atoms with van der Waals surface area (Å²) in [6.45, 7) is 2.32. The van der Waals surface area contributed by atoms with Crippen LogP contribution in [0, 0.1) is 11.8 Å². The van der Waals surface area contributed by atoms with Gasteiger partial charge in [-0.3, -0.25) is 0 Å². The standard InChI is InChI=1S/C16H23BrO/c1-3-12-8-9-15(17)14(10-12)11-13-6-4-5-7-16(13)18-2/h4-7,12,14-15H,3,8-11H2,1-2H3. The fraction of sp³-hybridized carbons (Fsp3) is 0.625. The molecule has 0 spiro atoms. The van der Waals surface area contributed by atoms with E-state index in [1.54, 1.807) is 7.11 Å². The molecule has 3 unspecified atom stereocenters. The maximum atomic E-state index is 5.46. The molecule has 100 valence electrons. The van der Waals surface area contributed by atoms with Crippen LogP contribution in [0.3, 0.4) is 0 Å². The van der Waals surface area contributed by atoms with E-state index < -0.39 is 0 Å². The van der Waals surface area contributed by atoms with Gasteiger partial charge in [0.05, 0.1) is 7.11 Å². The van der Waals surface area contributed by atoms with E-state index in [0.29, 0.717) is 4.83 Å². The maximum Gasteiger partial charge on any atom is 0.122 e. The van der Waals surface area contributed by atoms with Gasteiger partial charge in [-0.25, -0.2) is 0 Å². The van der Waals surface area contributed by atoms with Crippen LogP contribution in [0.25, 0.3) is 0 Å². The van der Waals surface area contributed by atoms with Crippen LogP contribution < -0.4 is 4.74 Å². The summed E-state index contributed by atoms with van der Waals surface area (Å²) in [7, 11) is 1.76. The van der Waals surface area contributed by atoms with Crippen LogP contribution in [0.5, 0.6) is 5.75 Å². The second kappa shape index (κ2) is 6.60. The Bertz CT molecular complexity index is 377. The molecular weight excluding hydrogens is 288 g/mol. The fourth-order valence-electron chi connectivity index (χ4n) is 3.06. The van der Waals surface area contributed by atoms with Gasteiger partial charge in [0.25, 0.3) is 0 Å². The summed E-state index contributed by atoms with van der Waals surface area (Å²) in [5.74, 6) is 2.70. The minimum absolute atomic E-state index is 0.671.